The summed E-state index contributed by atoms with van der Waals surface area (Å²) in [5.74, 6) is 1.03. The van der Waals surface area contributed by atoms with Gasteiger partial charge in [0, 0.05) is 20.6 Å². The molecule has 2 radical (unpaired) electrons. The monoisotopic (exact) mass is 846 g/mol. The van der Waals surface area contributed by atoms with E-state index in [0.717, 1.165) is 15.3 Å². The maximum Gasteiger partial charge on any atom is 2.00 e. The number of ether oxygens (including phenoxy) is 1. The first-order chi connectivity index (χ1) is 26.8. The molecule has 0 aliphatic rings. The predicted octanol–water partition coefficient (Wildman–Crippen LogP) is 15.9. The normalized spacial score (nSPS) is 11.4. The van der Waals surface area contributed by atoms with Gasteiger partial charge >= 0.3 is 26.2 Å². The molecule has 0 atom stereocenters. The quantitative estimate of drug-likeness (QED) is 0.0799. The molecular formula is C54H64OSiZr. The molecule has 0 saturated heterocycles. The van der Waals surface area contributed by atoms with Gasteiger partial charge in [-0.25, -0.2) is 0 Å². The van der Waals surface area contributed by atoms with Crippen molar-refractivity contribution in [1.29, 1.82) is 0 Å². The molecule has 0 spiro atoms. The van der Waals surface area contributed by atoms with Gasteiger partial charge in [0.15, 0.2) is 0 Å². The van der Waals surface area contributed by atoms with Crippen LogP contribution in [0.4, 0.5) is 0 Å². The molecule has 0 aliphatic carbocycles. The summed E-state index contributed by atoms with van der Waals surface area (Å²) >= 11 is 0. The van der Waals surface area contributed by atoms with E-state index >= 15 is 0 Å². The van der Waals surface area contributed by atoms with Gasteiger partial charge < -0.3 is 4.74 Å². The zero-order valence-electron chi connectivity index (χ0n) is 36.6. The summed E-state index contributed by atoms with van der Waals surface area (Å²) in [5, 5.41) is 5.38. The van der Waals surface area contributed by atoms with E-state index in [1.165, 1.54) is 109 Å². The fourth-order valence-corrected chi connectivity index (χ4v) is 7.77. The number of benzene rings is 5. The van der Waals surface area contributed by atoms with E-state index in [9.17, 15) is 0 Å². The van der Waals surface area contributed by atoms with Gasteiger partial charge in [-0.1, -0.05) is 172 Å². The second kappa shape index (κ2) is 20.8. The molecule has 57 heavy (non-hydrogen) atoms. The van der Waals surface area contributed by atoms with E-state index in [2.05, 4.69) is 196 Å². The summed E-state index contributed by atoms with van der Waals surface area (Å²) in [6.45, 7) is 22.3. The van der Waals surface area contributed by atoms with Gasteiger partial charge in [-0.3, -0.25) is 0 Å². The molecule has 0 bridgehead atoms. The number of methoxy groups -OCH3 is 1. The van der Waals surface area contributed by atoms with E-state index < -0.39 is 0 Å². The van der Waals surface area contributed by atoms with Crippen LogP contribution in [0.5, 0.6) is 5.75 Å². The van der Waals surface area contributed by atoms with Gasteiger partial charge in [-0.2, -0.15) is 12.1 Å². The molecule has 7 aromatic carbocycles. The fraction of sp³-hybridized carbons (Fsp3) is 0.333. The van der Waals surface area contributed by atoms with Crippen LogP contribution < -0.4 is 4.74 Å². The smallest absolute Gasteiger partial charge is 0.496 e. The Morgan fingerprint density at radius 3 is 1.67 bits per heavy atom. The Kier molecular flexibility index (Phi) is 16.7. The van der Waals surface area contributed by atoms with E-state index in [1.54, 1.807) is 7.11 Å². The molecule has 7 rings (SSSR count). The Labute approximate surface area is 367 Å². The molecule has 3 heteroatoms. The van der Waals surface area contributed by atoms with Crippen LogP contribution in [-0.4, -0.2) is 16.6 Å². The maximum absolute atomic E-state index is 5.91. The number of hydrogen-bond acceptors (Lipinski definition) is 1. The molecule has 0 heterocycles. The van der Waals surface area contributed by atoms with Crippen molar-refractivity contribution in [2.24, 2.45) is 0 Å². The van der Waals surface area contributed by atoms with Gasteiger partial charge in [0.1, 0.15) is 5.75 Å². The first-order valence-electron chi connectivity index (χ1n) is 20.6. The summed E-state index contributed by atoms with van der Waals surface area (Å²) in [5.41, 5.74) is 13.2. The molecule has 0 amide bonds. The van der Waals surface area contributed by atoms with Crippen molar-refractivity contribution >= 4 is 31.1 Å². The molecular weight excluding hydrogens is 784 g/mol. The molecule has 294 valence electrons. The fourth-order valence-electron chi connectivity index (χ4n) is 7.77. The zero-order valence-corrected chi connectivity index (χ0v) is 40.0. The maximum atomic E-state index is 5.91. The van der Waals surface area contributed by atoms with Crippen molar-refractivity contribution in [3.63, 3.8) is 0 Å². The number of rotatable bonds is 9. The summed E-state index contributed by atoms with van der Waals surface area (Å²) < 4.78 is 5.91. The topological polar surface area (TPSA) is 9.23 Å². The third-order valence-electron chi connectivity index (χ3n) is 10.5. The number of hydrogen-bond donors (Lipinski definition) is 0. The Morgan fingerprint density at radius 1 is 0.561 bits per heavy atom. The van der Waals surface area contributed by atoms with Gasteiger partial charge in [0.25, 0.3) is 0 Å². The van der Waals surface area contributed by atoms with Crippen molar-refractivity contribution in [3.8, 4) is 39.1 Å². The van der Waals surface area contributed by atoms with Crippen molar-refractivity contribution in [1.82, 2.24) is 0 Å². The molecule has 0 N–H and O–H groups in total. The van der Waals surface area contributed by atoms with Gasteiger partial charge in [-0.05, 0) is 51.6 Å². The SMILES string of the molecule is CCCCCCc1cc2c(-c3ccccc3-c3ccccc3)cccc2[cH-]1.COc1c(C(C)(C)C)cc(-c2cccc3[cH-]c(C)cc23)cc1C(C)(C)C.C[Si]C.[Zr+2]. The van der Waals surface area contributed by atoms with E-state index in [0.29, 0.717) is 0 Å². The van der Waals surface area contributed by atoms with E-state index in [-0.39, 0.29) is 37.0 Å². The molecule has 0 fully saturated rings. The minimum Gasteiger partial charge on any atom is -0.496 e. The Balaban J connectivity index is 0.000000233. The van der Waals surface area contributed by atoms with E-state index in [4.69, 9.17) is 4.74 Å². The minimum atomic E-state index is 0. The summed E-state index contributed by atoms with van der Waals surface area (Å²) in [4.78, 5) is 0. The summed E-state index contributed by atoms with van der Waals surface area (Å²) in [6.07, 6.45) is 6.45. The number of unbranched alkanes of at least 4 members (excludes halogenated alkanes) is 3. The second-order valence-electron chi connectivity index (χ2n) is 17.3. The van der Waals surface area contributed by atoms with Crippen LogP contribution >= 0.6 is 0 Å². The average molecular weight is 848 g/mol. The van der Waals surface area contributed by atoms with Crippen LogP contribution in [0.15, 0.2) is 127 Å². The Bertz CT molecular complexity index is 2270. The largest absolute Gasteiger partial charge is 2.00 e. The first kappa shape index (κ1) is 45.9. The van der Waals surface area contributed by atoms with Gasteiger partial charge in [0.2, 0.25) is 0 Å². The van der Waals surface area contributed by atoms with E-state index in [1.807, 2.05) is 0 Å². The van der Waals surface area contributed by atoms with Crippen LogP contribution in [0, 0.1) is 6.92 Å². The second-order valence-corrected chi connectivity index (χ2v) is 18.3. The zero-order chi connectivity index (χ0) is 40.5. The number of aryl methyl sites for hydroxylation is 2. The predicted molar refractivity (Wildman–Crippen MR) is 249 cm³/mol. The number of fused-ring (bicyclic) bond motifs is 2. The van der Waals surface area contributed by atoms with Crippen molar-refractivity contribution in [2.75, 3.05) is 7.11 Å². The molecule has 7 aromatic rings. The van der Waals surface area contributed by atoms with Crippen LogP contribution in [0.3, 0.4) is 0 Å². The van der Waals surface area contributed by atoms with Crippen LogP contribution in [-0.2, 0) is 43.5 Å². The van der Waals surface area contributed by atoms with Crippen molar-refractivity contribution in [3.05, 3.63) is 150 Å². The Morgan fingerprint density at radius 2 is 1.09 bits per heavy atom. The molecule has 0 aromatic heterocycles. The van der Waals surface area contributed by atoms with Crippen LogP contribution in [0.2, 0.25) is 13.1 Å². The standard InChI is InChI=1S/C27H27.C25H31O.C2H6Si.Zr/c1-2-3-4-6-12-21-19-23-15-11-18-26(27(23)20-21)25-17-10-9-16-24(25)22-13-7-5-8-14-22;1-16-12-17-10-9-11-19(20(17)13-16)18-14-21(24(2,3)4)23(26-8)22(15-18)25(5,6)7;1-3-2;/h5,7-11,13-20H,2-4,6,12H2,1H3;9-15H,1-8H3;1-2H3;/q2*-1;;+2. The van der Waals surface area contributed by atoms with Crippen LogP contribution in [0.25, 0.3) is 54.9 Å². The average Bonchev–Trinajstić information content (AvgIpc) is 3.78. The first-order valence-corrected chi connectivity index (χ1v) is 22.6. The van der Waals surface area contributed by atoms with Crippen molar-refractivity contribution < 1.29 is 30.9 Å². The molecule has 1 nitrogen and oxygen atoms in total. The minimum absolute atomic E-state index is 0. The molecule has 0 saturated carbocycles. The third kappa shape index (κ3) is 11.5. The third-order valence-corrected chi connectivity index (χ3v) is 10.5. The Hall–Kier alpha value is -3.78. The molecule has 0 aliphatic heterocycles. The van der Waals surface area contributed by atoms with Gasteiger partial charge in [0.05, 0.1) is 7.11 Å². The molecule has 0 unspecified atom stereocenters. The van der Waals surface area contributed by atoms with Gasteiger partial charge in [-0.15, -0.1) is 69.1 Å². The van der Waals surface area contributed by atoms with Crippen molar-refractivity contribution in [2.45, 2.75) is 111 Å². The van der Waals surface area contributed by atoms with Crippen LogP contribution in [0.1, 0.15) is 96.4 Å². The summed E-state index contributed by atoms with van der Waals surface area (Å²) in [6, 6.07) is 46.8. The summed E-state index contributed by atoms with van der Waals surface area (Å²) in [7, 11) is 2.88.